The molecule has 2 atom stereocenters. The maximum Gasteiger partial charge on any atom is 0.309 e. The monoisotopic (exact) mass is 328 g/mol. The van der Waals surface area contributed by atoms with Crippen molar-refractivity contribution in [3.8, 4) is 18.2 Å². The Morgan fingerprint density at radius 3 is 2.17 bits per heavy atom. The van der Waals surface area contributed by atoms with Gasteiger partial charge in [-0.3, -0.25) is 9.59 Å². The molecule has 0 spiro atoms. The third kappa shape index (κ3) is 2.85. The maximum absolute atomic E-state index is 11.8. The number of allylic oxidation sites excluding steroid dienone is 1. The van der Waals surface area contributed by atoms with E-state index in [-0.39, 0.29) is 18.4 Å². The Bertz CT molecular complexity index is 721. The van der Waals surface area contributed by atoms with Crippen LogP contribution in [0.2, 0.25) is 0 Å². The summed E-state index contributed by atoms with van der Waals surface area (Å²) in [5.74, 6) is -2.52. The van der Waals surface area contributed by atoms with Crippen LogP contribution in [0.15, 0.2) is 11.6 Å². The summed E-state index contributed by atoms with van der Waals surface area (Å²) in [5.41, 5.74) is -3.66. The van der Waals surface area contributed by atoms with E-state index in [2.05, 4.69) is 9.47 Å². The zero-order valence-electron chi connectivity index (χ0n) is 13.5. The highest BCUT2D eigenvalue weighted by Crippen LogP contribution is 2.51. The van der Waals surface area contributed by atoms with Gasteiger partial charge in [0.2, 0.25) is 0 Å². The minimum absolute atomic E-state index is 0.224. The maximum atomic E-state index is 11.8. The van der Waals surface area contributed by atoms with E-state index in [9.17, 15) is 25.4 Å². The second-order valence-corrected chi connectivity index (χ2v) is 5.59. The number of carbonyl (C=O) groups excluding carboxylic acids is 2. The molecule has 0 radical (unpaired) electrons. The Morgan fingerprint density at radius 1 is 1.21 bits per heavy atom. The lowest BCUT2D eigenvalue weighted by Gasteiger charge is -2.42. The van der Waals surface area contributed by atoms with Crippen LogP contribution in [0, 0.1) is 56.2 Å². The largest absolute Gasteiger partial charge is 0.469 e. The molecule has 1 rings (SSSR count). The van der Waals surface area contributed by atoms with Gasteiger partial charge in [0.15, 0.2) is 5.41 Å². The number of esters is 2. The first-order valence-electron chi connectivity index (χ1n) is 6.91. The van der Waals surface area contributed by atoms with Gasteiger partial charge in [0.05, 0.1) is 51.0 Å². The molecule has 0 saturated heterocycles. The highest BCUT2D eigenvalue weighted by atomic mass is 16.5. The zero-order chi connectivity index (χ0) is 18.5. The first-order valence-corrected chi connectivity index (χ1v) is 6.91. The van der Waals surface area contributed by atoms with Crippen LogP contribution in [0.1, 0.15) is 19.8 Å². The summed E-state index contributed by atoms with van der Waals surface area (Å²) in [6.45, 7) is 1.45. The molecule has 0 bridgehead atoms. The Morgan fingerprint density at radius 2 is 1.75 bits per heavy atom. The van der Waals surface area contributed by atoms with E-state index < -0.39 is 34.4 Å². The first-order chi connectivity index (χ1) is 11.2. The van der Waals surface area contributed by atoms with Gasteiger partial charge in [-0.25, -0.2) is 0 Å². The van der Waals surface area contributed by atoms with Gasteiger partial charge in [-0.05, 0) is 5.57 Å². The average Bonchev–Trinajstić information content (AvgIpc) is 2.55. The van der Waals surface area contributed by atoms with Crippen molar-refractivity contribution < 1.29 is 19.1 Å². The van der Waals surface area contributed by atoms with E-state index in [1.165, 1.54) is 20.1 Å². The van der Waals surface area contributed by atoms with Gasteiger partial charge >= 0.3 is 11.9 Å². The van der Waals surface area contributed by atoms with Crippen LogP contribution in [-0.4, -0.2) is 31.9 Å². The molecular formula is C16H16N4O4. The van der Waals surface area contributed by atoms with Gasteiger partial charge in [0.25, 0.3) is 0 Å². The molecule has 24 heavy (non-hydrogen) atoms. The molecule has 1 aliphatic rings. The molecule has 0 saturated carbocycles. The number of ether oxygens (including phenoxy) is 2. The summed E-state index contributed by atoms with van der Waals surface area (Å²) in [4.78, 5) is 23.3. The second kappa shape index (κ2) is 6.93. The Balaban J connectivity index is 3.62. The highest BCUT2D eigenvalue weighted by Gasteiger charge is 2.58. The number of rotatable bonds is 4. The van der Waals surface area contributed by atoms with Crippen molar-refractivity contribution in [1.29, 1.82) is 21.2 Å². The number of hydrogen-bond acceptors (Lipinski definition) is 8. The van der Waals surface area contributed by atoms with Crippen LogP contribution < -0.4 is 0 Å². The molecule has 2 unspecified atom stereocenters. The SMILES string of the molecule is COC(=O)CC1=CC(C)(CC(=O)OC)C(C#N)(C#N)C(=N)C1C#N. The average molecular weight is 328 g/mol. The Labute approximate surface area is 139 Å². The molecule has 8 heteroatoms. The summed E-state index contributed by atoms with van der Waals surface area (Å²) < 4.78 is 9.19. The molecular weight excluding hydrogens is 312 g/mol. The summed E-state index contributed by atoms with van der Waals surface area (Å²) in [7, 11) is 2.35. The lowest BCUT2D eigenvalue weighted by molar-refractivity contribution is -0.143. The fourth-order valence-corrected chi connectivity index (χ4v) is 2.81. The summed E-state index contributed by atoms with van der Waals surface area (Å²) in [6, 6.07) is 5.41. The van der Waals surface area contributed by atoms with E-state index >= 15 is 0 Å². The van der Waals surface area contributed by atoms with E-state index in [4.69, 9.17) is 5.41 Å². The van der Waals surface area contributed by atoms with E-state index in [0.717, 1.165) is 7.11 Å². The topological polar surface area (TPSA) is 148 Å². The number of hydrogen-bond donors (Lipinski definition) is 1. The molecule has 0 aliphatic heterocycles. The third-order valence-electron chi connectivity index (χ3n) is 4.20. The number of carbonyl (C=O) groups is 2. The molecule has 1 aliphatic carbocycles. The predicted octanol–water partition coefficient (Wildman–Crippen LogP) is 1.25. The van der Waals surface area contributed by atoms with Gasteiger partial charge in [-0.15, -0.1) is 0 Å². The van der Waals surface area contributed by atoms with Crippen molar-refractivity contribution in [2.24, 2.45) is 16.7 Å². The van der Waals surface area contributed by atoms with Crippen molar-refractivity contribution in [3.05, 3.63) is 11.6 Å². The third-order valence-corrected chi connectivity index (χ3v) is 4.20. The summed E-state index contributed by atoms with van der Waals surface area (Å²) in [6.07, 6.45) is 0.760. The molecule has 0 aromatic rings. The van der Waals surface area contributed by atoms with Crippen LogP contribution >= 0.6 is 0 Å². The number of nitrogens with zero attached hydrogens (tertiary/aromatic N) is 3. The molecule has 0 aromatic carbocycles. The second-order valence-electron chi connectivity index (χ2n) is 5.59. The summed E-state index contributed by atoms with van der Waals surface area (Å²) in [5, 5.41) is 36.7. The Kier molecular flexibility index (Phi) is 5.45. The van der Waals surface area contributed by atoms with Crippen molar-refractivity contribution in [1.82, 2.24) is 0 Å². The normalized spacial score (nSPS) is 24.6. The minimum Gasteiger partial charge on any atom is -0.469 e. The van der Waals surface area contributed by atoms with Crippen LogP contribution in [0.4, 0.5) is 0 Å². The van der Waals surface area contributed by atoms with E-state index in [1.807, 2.05) is 6.07 Å². The van der Waals surface area contributed by atoms with Gasteiger partial charge < -0.3 is 14.9 Å². The highest BCUT2D eigenvalue weighted by molar-refractivity contribution is 6.01. The molecule has 0 heterocycles. The summed E-state index contributed by atoms with van der Waals surface area (Å²) >= 11 is 0. The Hall–Kier alpha value is -3.18. The fraction of sp³-hybridized carbons (Fsp3) is 0.500. The molecule has 0 aromatic heterocycles. The van der Waals surface area contributed by atoms with Crippen LogP contribution in [0.3, 0.4) is 0 Å². The van der Waals surface area contributed by atoms with E-state index in [1.54, 1.807) is 12.1 Å². The predicted molar refractivity (Wildman–Crippen MR) is 79.9 cm³/mol. The quantitative estimate of drug-likeness (QED) is 0.603. The molecule has 1 N–H and O–H groups in total. The standard InChI is InChI=1S/C16H16N4O4/c1-15(6-13(22)24-3)5-10(4-12(21)23-2)11(7-17)14(20)16(15,8-18)9-19/h5,11,20H,4,6H2,1-3H3. The van der Waals surface area contributed by atoms with E-state index in [0.29, 0.717) is 0 Å². The number of nitrogens with one attached hydrogen (secondary N) is 1. The molecule has 0 fully saturated rings. The molecule has 124 valence electrons. The van der Waals surface area contributed by atoms with Gasteiger partial charge in [0.1, 0.15) is 5.92 Å². The lowest BCUT2D eigenvalue weighted by atomic mass is 9.54. The first kappa shape index (κ1) is 18.9. The van der Waals surface area contributed by atoms with Crippen LogP contribution in [0.5, 0.6) is 0 Å². The number of nitriles is 3. The fourth-order valence-electron chi connectivity index (χ4n) is 2.81. The molecule has 8 nitrogen and oxygen atoms in total. The van der Waals surface area contributed by atoms with Gasteiger partial charge in [-0.2, -0.15) is 15.8 Å². The number of methoxy groups -OCH3 is 2. The van der Waals surface area contributed by atoms with Gasteiger partial charge in [0, 0.05) is 5.41 Å². The lowest BCUT2D eigenvalue weighted by Crippen LogP contribution is -2.50. The van der Waals surface area contributed by atoms with Crippen molar-refractivity contribution >= 4 is 17.7 Å². The van der Waals surface area contributed by atoms with Crippen molar-refractivity contribution in [2.75, 3.05) is 14.2 Å². The van der Waals surface area contributed by atoms with Gasteiger partial charge in [-0.1, -0.05) is 13.0 Å². The smallest absolute Gasteiger partial charge is 0.309 e. The van der Waals surface area contributed by atoms with Crippen molar-refractivity contribution in [3.63, 3.8) is 0 Å². The zero-order valence-corrected chi connectivity index (χ0v) is 13.5. The molecule has 0 amide bonds. The van der Waals surface area contributed by atoms with Crippen LogP contribution in [-0.2, 0) is 19.1 Å². The van der Waals surface area contributed by atoms with Crippen molar-refractivity contribution in [2.45, 2.75) is 19.8 Å². The minimum atomic E-state index is -2.01. The van der Waals surface area contributed by atoms with Crippen LogP contribution in [0.25, 0.3) is 0 Å².